The molecule has 0 N–H and O–H groups in total. The van der Waals surface area contributed by atoms with Crippen molar-refractivity contribution in [2.45, 2.75) is 63.5 Å². The van der Waals surface area contributed by atoms with Crippen LogP contribution in [0.5, 0.6) is 0 Å². The summed E-state index contributed by atoms with van der Waals surface area (Å²) < 4.78 is 79.3. The Morgan fingerprint density at radius 3 is 1.87 bits per heavy atom. The average Bonchev–Trinajstić information content (AvgIpc) is 3.50. The summed E-state index contributed by atoms with van der Waals surface area (Å²) in [6, 6.07) is 0.646. The van der Waals surface area contributed by atoms with Gasteiger partial charge >= 0.3 is 18.4 Å². The minimum atomic E-state index is -5.74. The summed E-state index contributed by atoms with van der Waals surface area (Å²) in [5.41, 5.74) is -0.477. The first-order chi connectivity index (χ1) is 14.3. The van der Waals surface area contributed by atoms with E-state index in [0.29, 0.717) is 32.0 Å². The number of carbonyl (C=O) groups is 2. The van der Waals surface area contributed by atoms with Crippen molar-refractivity contribution in [2.75, 3.05) is 39.3 Å². The summed E-state index contributed by atoms with van der Waals surface area (Å²) in [6.07, 6.45) is -14.1. The molecular weight excluding hydrogens is 432 g/mol. The molecule has 2 heterocycles. The van der Waals surface area contributed by atoms with Crippen LogP contribution in [0.15, 0.2) is 0 Å². The fourth-order valence-corrected chi connectivity index (χ4v) is 4.15. The molecule has 1 saturated carbocycles. The molecule has 0 aromatic carbocycles. The molecule has 31 heavy (non-hydrogen) atoms. The van der Waals surface area contributed by atoms with E-state index in [1.165, 1.54) is 12.8 Å². The zero-order valence-corrected chi connectivity index (χ0v) is 17.3. The Bertz CT molecular complexity index is 650. The van der Waals surface area contributed by atoms with Crippen LogP contribution < -0.4 is 0 Å². The van der Waals surface area contributed by atoms with Crippen LogP contribution in [0.25, 0.3) is 0 Å². The summed E-state index contributed by atoms with van der Waals surface area (Å²) in [7, 11) is 0. The van der Waals surface area contributed by atoms with Gasteiger partial charge in [0.25, 0.3) is 6.10 Å². The van der Waals surface area contributed by atoms with Gasteiger partial charge in [0.2, 0.25) is 5.91 Å². The Balaban J connectivity index is 1.47. The van der Waals surface area contributed by atoms with E-state index in [0.717, 1.165) is 18.0 Å². The minimum Gasteiger partial charge on any atom is -0.426 e. The molecule has 6 nitrogen and oxygen atoms in total. The molecule has 0 unspecified atom stereocenters. The number of piperazine rings is 1. The number of nitrogens with zero attached hydrogens (tertiary/aromatic N) is 3. The number of amides is 2. The van der Waals surface area contributed by atoms with Crippen LogP contribution >= 0.6 is 0 Å². The lowest BCUT2D eigenvalue weighted by atomic mass is 9.77. The lowest BCUT2D eigenvalue weighted by Crippen LogP contribution is -2.52. The summed E-state index contributed by atoms with van der Waals surface area (Å²) >= 11 is 0. The molecule has 0 aromatic rings. The van der Waals surface area contributed by atoms with E-state index < -0.39 is 30.0 Å². The average molecular weight is 459 g/mol. The maximum Gasteiger partial charge on any atom is 0.434 e. The second-order valence-electron chi connectivity index (χ2n) is 8.97. The van der Waals surface area contributed by atoms with Crippen LogP contribution in [0.4, 0.5) is 31.1 Å². The number of rotatable bonds is 4. The van der Waals surface area contributed by atoms with E-state index in [9.17, 15) is 35.9 Å². The van der Waals surface area contributed by atoms with Crippen LogP contribution in [0, 0.1) is 5.41 Å². The van der Waals surface area contributed by atoms with Crippen molar-refractivity contribution < 1.29 is 40.7 Å². The molecule has 0 atom stereocenters. The second-order valence-corrected chi connectivity index (χ2v) is 8.97. The van der Waals surface area contributed by atoms with Crippen molar-refractivity contribution >= 4 is 12.0 Å². The fourth-order valence-electron chi connectivity index (χ4n) is 4.15. The van der Waals surface area contributed by atoms with Gasteiger partial charge in [-0.1, -0.05) is 6.92 Å². The summed E-state index contributed by atoms with van der Waals surface area (Å²) in [5, 5.41) is 0. The van der Waals surface area contributed by atoms with E-state index in [4.69, 9.17) is 0 Å². The molecule has 3 aliphatic rings. The van der Waals surface area contributed by atoms with Crippen molar-refractivity contribution in [3.8, 4) is 0 Å². The van der Waals surface area contributed by atoms with Crippen molar-refractivity contribution in [1.82, 2.24) is 14.7 Å². The van der Waals surface area contributed by atoms with Crippen molar-refractivity contribution in [2.24, 2.45) is 5.41 Å². The second kappa shape index (κ2) is 8.67. The van der Waals surface area contributed by atoms with Crippen molar-refractivity contribution in [1.29, 1.82) is 0 Å². The highest BCUT2D eigenvalue weighted by molar-refractivity contribution is 5.77. The van der Waals surface area contributed by atoms with Gasteiger partial charge in [-0.15, -0.1) is 0 Å². The lowest BCUT2D eigenvalue weighted by molar-refractivity contribution is -0.308. The third-order valence-electron chi connectivity index (χ3n) is 6.35. The monoisotopic (exact) mass is 459 g/mol. The molecule has 0 aromatic heterocycles. The maximum atomic E-state index is 12.7. The normalized spacial score (nSPS) is 23.2. The molecule has 0 spiro atoms. The first-order valence-corrected chi connectivity index (χ1v) is 10.4. The highest BCUT2D eigenvalue weighted by Crippen LogP contribution is 2.38. The predicted octanol–water partition coefficient (Wildman–Crippen LogP) is 3.42. The molecule has 0 bridgehead atoms. The molecule has 0 radical (unpaired) electrons. The molecule has 2 saturated heterocycles. The van der Waals surface area contributed by atoms with Gasteiger partial charge in [-0.05, 0) is 31.1 Å². The van der Waals surface area contributed by atoms with E-state index in [2.05, 4.69) is 9.64 Å². The Kier molecular flexibility index (Phi) is 6.69. The smallest absolute Gasteiger partial charge is 0.426 e. The van der Waals surface area contributed by atoms with Crippen LogP contribution in [0.1, 0.15) is 39.0 Å². The Labute approximate surface area is 176 Å². The standard InChI is InChI=1S/C19H27F6N3O3/c1-17(12-14(29)27-10-8-26(9-11-27)13-2-3-13)4-6-28(7-5-17)16(30)31-15(18(20,21)22)19(23,24)25/h13,15H,2-12H2,1H3. The Morgan fingerprint density at radius 1 is 0.903 bits per heavy atom. The third kappa shape index (κ3) is 6.17. The Hall–Kier alpha value is -1.72. The van der Waals surface area contributed by atoms with E-state index >= 15 is 0 Å². The first kappa shape index (κ1) is 23.9. The molecule has 1 aliphatic carbocycles. The molecule has 178 valence electrons. The van der Waals surface area contributed by atoms with Gasteiger partial charge in [-0.3, -0.25) is 9.69 Å². The molecule has 2 aliphatic heterocycles. The SMILES string of the molecule is CC1(CC(=O)N2CCN(C3CC3)CC2)CCN(C(=O)OC(C(F)(F)F)C(F)(F)F)CC1. The van der Waals surface area contributed by atoms with Crippen molar-refractivity contribution in [3.05, 3.63) is 0 Å². The summed E-state index contributed by atoms with van der Waals surface area (Å²) in [4.78, 5) is 29.6. The van der Waals surface area contributed by atoms with Crippen molar-refractivity contribution in [3.63, 3.8) is 0 Å². The third-order valence-corrected chi connectivity index (χ3v) is 6.35. The number of ether oxygens (including phenoxy) is 1. The molecular formula is C19H27F6N3O3. The fraction of sp³-hybridized carbons (Fsp3) is 0.895. The predicted molar refractivity (Wildman–Crippen MR) is 97.1 cm³/mol. The summed E-state index contributed by atoms with van der Waals surface area (Å²) in [5.74, 6) is -0.0109. The van der Waals surface area contributed by atoms with Crippen LogP contribution in [0.2, 0.25) is 0 Å². The van der Waals surface area contributed by atoms with Gasteiger partial charge in [0.15, 0.2) is 0 Å². The van der Waals surface area contributed by atoms with E-state index in [1.807, 2.05) is 11.8 Å². The molecule has 3 fully saturated rings. The highest BCUT2D eigenvalue weighted by Gasteiger charge is 2.60. The topological polar surface area (TPSA) is 53.1 Å². The number of hydrogen-bond donors (Lipinski definition) is 0. The first-order valence-electron chi connectivity index (χ1n) is 10.4. The molecule has 12 heteroatoms. The number of halogens is 6. The minimum absolute atomic E-state index is 0.0109. The van der Waals surface area contributed by atoms with Gasteiger partial charge in [-0.25, -0.2) is 4.79 Å². The quantitative estimate of drug-likeness (QED) is 0.605. The van der Waals surface area contributed by atoms with Gasteiger partial charge < -0.3 is 14.5 Å². The van der Waals surface area contributed by atoms with Gasteiger partial charge in [0, 0.05) is 51.7 Å². The maximum absolute atomic E-state index is 12.7. The lowest BCUT2D eigenvalue weighted by Gasteiger charge is -2.41. The van der Waals surface area contributed by atoms with Gasteiger partial charge in [-0.2, -0.15) is 26.3 Å². The largest absolute Gasteiger partial charge is 0.434 e. The number of likely N-dealkylation sites (tertiary alicyclic amines) is 1. The number of hydrogen-bond acceptors (Lipinski definition) is 4. The number of carbonyl (C=O) groups excluding carboxylic acids is 2. The molecule has 2 amide bonds. The van der Waals surface area contributed by atoms with Gasteiger partial charge in [0.1, 0.15) is 0 Å². The number of piperidine rings is 1. The van der Waals surface area contributed by atoms with Gasteiger partial charge in [0.05, 0.1) is 0 Å². The zero-order valence-electron chi connectivity index (χ0n) is 17.3. The zero-order chi connectivity index (χ0) is 23.0. The molecule has 3 rings (SSSR count). The Morgan fingerprint density at radius 2 is 1.42 bits per heavy atom. The highest BCUT2D eigenvalue weighted by atomic mass is 19.4. The van der Waals surface area contributed by atoms with E-state index in [1.54, 1.807) is 0 Å². The van der Waals surface area contributed by atoms with Crippen LogP contribution in [-0.2, 0) is 9.53 Å². The number of alkyl halides is 6. The van der Waals surface area contributed by atoms with Crippen LogP contribution in [-0.4, -0.2) is 90.5 Å². The van der Waals surface area contributed by atoms with E-state index in [-0.39, 0.29) is 25.4 Å². The van der Waals surface area contributed by atoms with Crippen LogP contribution in [0.3, 0.4) is 0 Å². The summed E-state index contributed by atoms with van der Waals surface area (Å²) in [6.45, 7) is 4.70.